The molecule has 1 unspecified atom stereocenters. The van der Waals surface area contributed by atoms with Crippen molar-refractivity contribution in [1.82, 2.24) is 15.5 Å². The van der Waals surface area contributed by atoms with Crippen molar-refractivity contribution in [1.29, 1.82) is 0 Å². The molecule has 2 aliphatic heterocycles. The first-order chi connectivity index (χ1) is 18.4. The van der Waals surface area contributed by atoms with E-state index in [1.54, 1.807) is 18.2 Å². The fourth-order valence-corrected chi connectivity index (χ4v) is 6.12. The second-order valence-corrected chi connectivity index (χ2v) is 10.8. The van der Waals surface area contributed by atoms with Crippen LogP contribution in [0.3, 0.4) is 0 Å². The van der Waals surface area contributed by atoms with Gasteiger partial charge in [-0.05, 0) is 72.6 Å². The summed E-state index contributed by atoms with van der Waals surface area (Å²) in [6, 6.07) is 6.47. The summed E-state index contributed by atoms with van der Waals surface area (Å²) in [4.78, 5) is 50.8. The fraction of sp³-hybridized carbons (Fsp3) is 0.357. The number of fused-ring (bicyclic) bond motifs is 1. The number of allylic oxidation sites excluding steroid dienone is 2. The Hall–Kier alpha value is -4.02. The van der Waals surface area contributed by atoms with Crippen LogP contribution in [0.25, 0.3) is 5.57 Å². The predicted molar refractivity (Wildman–Crippen MR) is 129 cm³/mol. The third-order valence-corrected chi connectivity index (χ3v) is 8.09. The first-order valence-corrected chi connectivity index (χ1v) is 12.6. The van der Waals surface area contributed by atoms with Crippen LogP contribution in [0.5, 0.6) is 0 Å². The normalized spacial score (nSPS) is 26.0. The number of carbonyl (C=O) groups excluding carboxylic acids is 4. The van der Waals surface area contributed by atoms with Crippen molar-refractivity contribution in [2.45, 2.75) is 56.9 Å². The lowest BCUT2D eigenvalue weighted by Gasteiger charge is -2.52. The highest BCUT2D eigenvalue weighted by Gasteiger charge is 2.49. The molecule has 1 saturated carbocycles. The van der Waals surface area contributed by atoms with E-state index in [1.807, 2.05) is 6.08 Å². The number of halogens is 4. The summed E-state index contributed by atoms with van der Waals surface area (Å²) in [7, 11) is 0. The Morgan fingerprint density at radius 3 is 2.44 bits per heavy atom. The first kappa shape index (κ1) is 25.3. The summed E-state index contributed by atoms with van der Waals surface area (Å²) in [5.74, 6) is -2.39. The minimum atomic E-state index is -4.60. The molecule has 4 amide bonds. The summed E-state index contributed by atoms with van der Waals surface area (Å²) in [6.45, 7) is 0.169. The summed E-state index contributed by atoms with van der Waals surface area (Å²) >= 11 is 0. The standard InChI is InChI=1S/C28H23F4N3O4/c29-21-8-17(28(30,31)32)2-4-19(21)16-9-27(10-16)11-18(12-27)33-24(37)14-1-3-20-15(7-14)13-35(26(20)39)22-5-6-23(36)34-25(22)38/h1-4,7-9,18,22H,5-6,10-13H2,(H,33,37)(H,34,36,38). The number of nitrogens with one attached hydrogen (secondary N) is 2. The number of hydrogen-bond donors (Lipinski definition) is 2. The van der Waals surface area contributed by atoms with Gasteiger partial charge >= 0.3 is 6.18 Å². The molecule has 1 atom stereocenters. The zero-order valence-electron chi connectivity index (χ0n) is 20.5. The Balaban J connectivity index is 1.06. The molecule has 1 saturated heterocycles. The van der Waals surface area contributed by atoms with E-state index in [9.17, 15) is 36.7 Å². The molecule has 2 aromatic rings. The molecule has 0 bridgehead atoms. The number of rotatable bonds is 4. The van der Waals surface area contributed by atoms with Gasteiger partial charge in [-0.3, -0.25) is 24.5 Å². The van der Waals surface area contributed by atoms with Gasteiger partial charge in [0.05, 0.1) is 5.56 Å². The number of carbonyl (C=O) groups is 4. The third kappa shape index (κ3) is 4.39. The molecule has 0 aromatic heterocycles. The quantitative estimate of drug-likeness (QED) is 0.453. The van der Waals surface area contributed by atoms with Crippen LogP contribution in [0.15, 0.2) is 42.5 Å². The van der Waals surface area contributed by atoms with Gasteiger partial charge in [0, 0.05) is 35.7 Å². The second-order valence-electron chi connectivity index (χ2n) is 10.8. The minimum absolute atomic E-state index is 0.109. The SMILES string of the molecule is O=C1CCC(N2Cc3cc(C(=O)NC4CC5(C=C(c6ccc(C(F)(F)F)cc6F)C5)C4)ccc3C2=O)C(=O)N1. The molecular formula is C28H23F4N3O4. The van der Waals surface area contributed by atoms with Crippen molar-refractivity contribution < 1.29 is 36.7 Å². The van der Waals surface area contributed by atoms with E-state index in [4.69, 9.17) is 0 Å². The van der Waals surface area contributed by atoms with Crippen molar-refractivity contribution in [2.24, 2.45) is 5.41 Å². The molecule has 4 aliphatic rings. The Morgan fingerprint density at radius 1 is 1.05 bits per heavy atom. The van der Waals surface area contributed by atoms with Gasteiger partial charge < -0.3 is 10.2 Å². The van der Waals surface area contributed by atoms with Gasteiger partial charge in [0.25, 0.3) is 11.8 Å². The molecule has 2 aliphatic carbocycles. The molecule has 2 fully saturated rings. The molecule has 6 rings (SSSR count). The maximum atomic E-state index is 14.3. The van der Waals surface area contributed by atoms with E-state index in [2.05, 4.69) is 10.6 Å². The van der Waals surface area contributed by atoms with Gasteiger partial charge in [0.2, 0.25) is 11.8 Å². The topological polar surface area (TPSA) is 95.6 Å². The van der Waals surface area contributed by atoms with Gasteiger partial charge in [-0.2, -0.15) is 13.2 Å². The lowest BCUT2D eigenvalue weighted by atomic mass is 9.55. The predicted octanol–water partition coefficient (Wildman–Crippen LogP) is 3.97. The monoisotopic (exact) mass is 541 g/mol. The maximum Gasteiger partial charge on any atom is 0.416 e. The zero-order chi connectivity index (χ0) is 27.7. The zero-order valence-corrected chi connectivity index (χ0v) is 20.5. The molecule has 7 nitrogen and oxygen atoms in total. The van der Waals surface area contributed by atoms with Gasteiger partial charge in [0.15, 0.2) is 0 Å². The van der Waals surface area contributed by atoms with Crippen LogP contribution >= 0.6 is 0 Å². The molecule has 1 spiro atoms. The number of hydrogen-bond acceptors (Lipinski definition) is 4. The minimum Gasteiger partial charge on any atom is -0.349 e. The van der Waals surface area contributed by atoms with E-state index in [-0.39, 0.29) is 54.1 Å². The fourth-order valence-electron chi connectivity index (χ4n) is 6.12. The second kappa shape index (κ2) is 8.75. The number of benzene rings is 2. The van der Waals surface area contributed by atoms with Crippen LogP contribution in [0.4, 0.5) is 17.6 Å². The highest BCUT2D eigenvalue weighted by Crippen LogP contribution is 2.57. The molecule has 2 aromatic carbocycles. The van der Waals surface area contributed by atoms with E-state index in [0.717, 1.165) is 12.1 Å². The Bertz CT molecular complexity index is 1480. The highest BCUT2D eigenvalue weighted by molar-refractivity contribution is 6.06. The molecule has 39 heavy (non-hydrogen) atoms. The average Bonchev–Trinajstić information content (AvgIpc) is 3.15. The smallest absolute Gasteiger partial charge is 0.349 e. The number of alkyl halides is 3. The van der Waals surface area contributed by atoms with Crippen LogP contribution < -0.4 is 10.6 Å². The number of imide groups is 1. The van der Waals surface area contributed by atoms with Crippen LogP contribution in [0.1, 0.15) is 69.5 Å². The highest BCUT2D eigenvalue weighted by atomic mass is 19.4. The summed E-state index contributed by atoms with van der Waals surface area (Å²) in [6.07, 6.45) is -0.514. The molecule has 11 heteroatoms. The average molecular weight is 542 g/mol. The van der Waals surface area contributed by atoms with Gasteiger partial charge in [0.1, 0.15) is 11.9 Å². The number of amides is 4. The van der Waals surface area contributed by atoms with E-state index < -0.39 is 29.5 Å². The van der Waals surface area contributed by atoms with Crippen molar-refractivity contribution in [3.63, 3.8) is 0 Å². The van der Waals surface area contributed by atoms with Crippen LogP contribution in [-0.2, 0) is 22.3 Å². The summed E-state index contributed by atoms with van der Waals surface area (Å²) in [5.41, 5.74) is 1.03. The molecule has 202 valence electrons. The third-order valence-electron chi connectivity index (χ3n) is 8.09. The first-order valence-electron chi connectivity index (χ1n) is 12.6. The molecule has 2 N–H and O–H groups in total. The van der Waals surface area contributed by atoms with Gasteiger partial charge in [-0.1, -0.05) is 12.1 Å². The molecule has 2 heterocycles. The van der Waals surface area contributed by atoms with E-state index in [1.165, 1.54) is 4.90 Å². The maximum absolute atomic E-state index is 14.3. The summed E-state index contributed by atoms with van der Waals surface area (Å²) in [5, 5.41) is 5.22. The Morgan fingerprint density at radius 2 is 1.77 bits per heavy atom. The van der Waals surface area contributed by atoms with Crippen LogP contribution in [0.2, 0.25) is 0 Å². The summed E-state index contributed by atoms with van der Waals surface area (Å²) < 4.78 is 52.7. The lowest BCUT2D eigenvalue weighted by molar-refractivity contribution is -0.138. The van der Waals surface area contributed by atoms with Crippen molar-refractivity contribution in [3.05, 3.63) is 76.1 Å². The van der Waals surface area contributed by atoms with Gasteiger partial charge in [-0.15, -0.1) is 0 Å². The molecular weight excluding hydrogens is 518 g/mol. The van der Waals surface area contributed by atoms with E-state index >= 15 is 0 Å². The van der Waals surface area contributed by atoms with Crippen molar-refractivity contribution >= 4 is 29.2 Å². The molecule has 0 radical (unpaired) electrons. The Kier molecular flexibility index (Phi) is 5.67. The largest absolute Gasteiger partial charge is 0.416 e. The van der Waals surface area contributed by atoms with Gasteiger partial charge in [-0.25, -0.2) is 4.39 Å². The Labute approximate surface area is 220 Å². The number of nitrogens with zero attached hydrogens (tertiary/aromatic N) is 1. The number of piperidine rings is 1. The van der Waals surface area contributed by atoms with Crippen molar-refractivity contribution in [2.75, 3.05) is 0 Å². The van der Waals surface area contributed by atoms with Crippen LogP contribution in [-0.4, -0.2) is 40.6 Å². The lowest BCUT2D eigenvalue weighted by Crippen LogP contribution is -2.52. The van der Waals surface area contributed by atoms with Crippen LogP contribution in [0, 0.1) is 11.2 Å². The van der Waals surface area contributed by atoms with E-state index in [0.29, 0.717) is 47.6 Å². The van der Waals surface area contributed by atoms with Crippen molar-refractivity contribution in [3.8, 4) is 0 Å².